The van der Waals surface area contributed by atoms with Crippen LogP contribution in [0.4, 0.5) is 0 Å². The Balaban J connectivity index is 1.90. The van der Waals surface area contributed by atoms with E-state index in [2.05, 4.69) is 52.1 Å². The lowest BCUT2D eigenvalue weighted by molar-refractivity contribution is 0.437. The van der Waals surface area contributed by atoms with Crippen molar-refractivity contribution < 1.29 is 4.42 Å². The minimum atomic E-state index is 0.396. The molecule has 1 heterocycles. The topological polar surface area (TPSA) is 25.2 Å². The third-order valence-corrected chi connectivity index (χ3v) is 4.57. The van der Waals surface area contributed by atoms with E-state index < -0.39 is 0 Å². The van der Waals surface area contributed by atoms with Crippen molar-refractivity contribution in [2.75, 3.05) is 0 Å². The zero-order valence-corrected chi connectivity index (χ0v) is 11.1. The van der Waals surface area contributed by atoms with E-state index in [0.717, 1.165) is 24.5 Å². The molecule has 1 saturated carbocycles. The van der Waals surface area contributed by atoms with Crippen LogP contribution < -0.4 is 5.32 Å². The molecule has 2 nitrogen and oxygen atoms in total. The van der Waals surface area contributed by atoms with Gasteiger partial charge < -0.3 is 9.73 Å². The van der Waals surface area contributed by atoms with Crippen LogP contribution in [-0.2, 0) is 13.0 Å². The standard InChI is InChI=1S/C14H23NO/c1-6-10-7-8-11(16-10)9-15-12-13(2,3)14(12,4)5/h7-8,12,15H,6,9H2,1-5H3. The second-order valence-corrected chi connectivity index (χ2v) is 5.98. The van der Waals surface area contributed by atoms with E-state index in [1.54, 1.807) is 0 Å². The Morgan fingerprint density at radius 3 is 2.12 bits per heavy atom. The van der Waals surface area contributed by atoms with Gasteiger partial charge in [0.15, 0.2) is 0 Å². The first kappa shape index (κ1) is 11.7. The maximum atomic E-state index is 5.68. The Bertz CT molecular complexity index is 362. The lowest BCUT2D eigenvalue weighted by Gasteiger charge is -2.03. The number of hydrogen-bond acceptors (Lipinski definition) is 2. The summed E-state index contributed by atoms with van der Waals surface area (Å²) in [7, 11) is 0. The monoisotopic (exact) mass is 221 g/mol. The Kier molecular flexibility index (Phi) is 2.66. The molecular formula is C14H23NO. The first-order valence-corrected chi connectivity index (χ1v) is 6.20. The maximum Gasteiger partial charge on any atom is 0.117 e. The summed E-state index contributed by atoms with van der Waals surface area (Å²) in [5.74, 6) is 2.13. The minimum absolute atomic E-state index is 0.396. The molecule has 2 heteroatoms. The molecule has 1 aromatic rings. The molecule has 2 rings (SSSR count). The molecule has 1 aliphatic carbocycles. The summed E-state index contributed by atoms with van der Waals surface area (Å²) in [6, 6.07) is 4.74. The first-order valence-electron chi connectivity index (χ1n) is 6.20. The van der Waals surface area contributed by atoms with Crippen molar-refractivity contribution in [3.63, 3.8) is 0 Å². The molecule has 90 valence electrons. The van der Waals surface area contributed by atoms with Crippen LogP contribution in [0.1, 0.15) is 46.1 Å². The maximum absolute atomic E-state index is 5.68. The highest BCUT2D eigenvalue weighted by molar-refractivity contribution is 5.18. The average Bonchev–Trinajstić information content (AvgIpc) is 2.60. The van der Waals surface area contributed by atoms with E-state index in [1.807, 2.05) is 0 Å². The summed E-state index contributed by atoms with van der Waals surface area (Å²) in [5.41, 5.74) is 0.792. The molecule has 1 fully saturated rings. The van der Waals surface area contributed by atoms with E-state index in [0.29, 0.717) is 16.9 Å². The van der Waals surface area contributed by atoms with Crippen molar-refractivity contribution in [1.82, 2.24) is 5.32 Å². The van der Waals surface area contributed by atoms with Crippen LogP contribution in [0.5, 0.6) is 0 Å². The van der Waals surface area contributed by atoms with E-state index in [4.69, 9.17) is 4.42 Å². The quantitative estimate of drug-likeness (QED) is 0.843. The first-order chi connectivity index (χ1) is 7.39. The van der Waals surface area contributed by atoms with Crippen LogP contribution in [0, 0.1) is 10.8 Å². The predicted molar refractivity (Wildman–Crippen MR) is 66.3 cm³/mol. The van der Waals surface area contributed by atoms with Crippen molar-refractivity contribution in [2.24, 2.45) is 10.8 Å². The Morgan fingerprint density at radius 1 is 1.12 bits per heavy atom. The fourth-order valence-corrected chi connectivity index (χ4v) is 2.62. The molecule has 0 aromatic carbocycles. The number of nitrogens with one attached hydrogen (secondary N) is 1. The highest BCUT2D eigenvalue weighted by Gasteiger charge is 2.64. The van der Waals surface area contributed by atoms with Gasteiger partial charge in [-0.2, -0.15) is 0 Å². The summed E-state index contributed by atoms with van der Waals surface area (Å²) < 4.78 is 5.68. The Labute approximate surface area is 98.4 Å². The van der Waals surface area contributed by atoms with Gasteiger partial charge in [0.1, 0.15) is 11.5 Å². The molecule has 0 spiro atoms. The molecule has 1 aromatic heterocycles. The largest absolute Gasteiger partial charge is 0.465 e. The molecule has 0 saturated heterocycles. The molecule has 0 radical (unpaired) electrons. The molecule has 0 bridgehead atoms. The van der Waals surface area contributed by atoms with Gasteiger partial charge in [0.05, 0.1) is 6.54 Å². The zero-order valence-electron chi connectivity index (χ0n) is 11.1. The predicted octanol–water partition coefficient (Wildman–Crippen LogP) is 3.37. The van der Waals surface area contributed by atoms with Crippen LogP contribution in [0.2, 0.25) is 0 Å². The molecule has 1 aliphatic rings. The van der Waals surface area contributed by atoms with Crippen LogP contribution in [-0.4, -0.2) is 6.04 Å². The van der Waals surface area contributed by atoms with Crippen LogP contribution in [0.25, 0.3) is 0 Å². The highest BCUT2D eigenvalue weighted by Crippen LogP contribution is 2.62. The van der Waals surface area contributed by atoms with Gasteiger partial charge in [0.25, 0.3) is 0 Å². The van der Waals surface area contributed by atoms with Crippen molar-refractivity contribution in [3.8, 4) is 0 Å². The number of aryl methyl sites for hydroxylation is 1. The van der Waals surface area contributed by atoms with Gasteiger partial charge in [-0.05, 0) is 23.0 Å². The van der Waals surface area contributed by atoms with Gasteiger partial charge in [-0.25, -0.2) is 0 Å². The highest BCUT2D eigenvalue weighted by atomic mass is 16.3. The normalized spacial score (nSPS) is 22.3. The second-order valence-electron chi connectivity index (χ2n) is 5.98. The Morgan fingerprint density at radius 2 is 1.69 bits per heavy atom. The van der Waals surface area contributed by atoms with Crippen molar-refractivity contribution in [1.29, 1.82) is 0 Å². The summed E-state index contributed by atoms with van der Waals surface area (Å²) in [5, 5.41) is 3.60. The molecule has 0 atom stereocenters. The Hall–Kier alpha value is -0.760. The van der Waals surface area contributed by atoms with E-state index >= 15 is 0 Å². The second kappa shape index (κ2) is 3.63. The molecule has 1 N–H and O–H groups in total. The average molecular weight is 221 g/mol. The zero-order chi connectivity index (χ0) is 12.0. The number of hydrogen-bond donors (Lipinski definition) is 1. The molecule has 0 unspecified atom stereocenters. The molecular weight excluding hydrogens is 198 g/mol. The smallest absolute Gasteiger partial charge is 0.117 e. The van der Waals surface area contributed by atoms with Gasteiger partial charge in [0, 0.05) is 12.5 Å². The fourth-order valence-electron chi connectivity index (χ4n) is 2.62. The SMILES string of the molecule is CCc1ccc(CNC2C(C)(C)C2(C)C)o1. The molecule has 0 aliphatic heterocycles. The molecule has 16 heavy (non-hydrogen) atoms. The van der Waals surface area contributed by atoms with Gasteiger partial charge in [-0.1, -0.05) is 34.6 Å². The van der Waals surface area contributed by atoms with Gasteiger partial charge >= 0.3 is 0 Å². The summed E-state index contributed by atoms with van der Waals surface area (Å²) in [6.07, 6.45) is 0.973. The number of furan rings is 1. The van der Waals surface area contributed by atoms with Crippen molar-refractivity contribution >= 4 is 0 Å². The number of rotatable bonds is 4. The third kappa shape index (κ3) is 1.69. The van der Waals surface area contributed by atoms with Crippen LogP contribution in [0.15, 0.2) is 16.5 Å². The lowest BCUT2D eigenvalue weighted by atomic mass is 10.0. The lowest BCUT2D eigenvalue weighted by Crippen LogP contribution is -2.21. The molecule has 0 amide bonds. The van der Waals surface area contributed by atoms with Crippen molar-refractivity contribution in [2.45, 2.75) is 53.6 Å². The fraction of sp³-hybridized carbons (Fsp3) is 0.714. The van der Waals surface area contributed by atoms with E-state index in [9.17, 15) is 0 Å². The van der Waals surface area contributed by atoms with Gasteiger partial charge in [0.2, 0.25) is 0 Å². The third-order valence-electron chi connectivity index (χ3n) is 4.57. The minimum Gasteiger partial charge on any atom is -0.465 e. The van der Waals surface area contributed by atoms with Crippen LogP contribution in [0.3, 0.4) is 0 Å². The van der Waals surface area contributed by atoms with E-state index in [1.165, 1.54) is 0 Å². The summed E-state index contributed by atoms with van der Waals surface area (Å²) >= 11 is 0. The summed E-state index contributed by atoms with van der Waals surface area (Å²) in [4.78, 5) is 0. The van der Waals surface area contributed by atoms with Gasteiger partial charge in [-0.3, -0.25) is 0 Å². The van der Waals surface area contributed by atoms with E-state index in [-0.39, 0.29) is 0 Å². The summed E-state index contributed by atoms with van der Waals surface area (Å²) in [6.45, 7) is 12.3. The van der Waals surface area contributed by atoms with Crippen molar-refractivity contribution in [3.05, 3.63) is 23.7 Å². The van der Waals surface area contributed by atoms with Gasteiger partial charge in [-0.15, -0.1) is 0 Å². The van der Waals surface area contributed by atoms with Crippen LogP contribution >= 0.6 is 0 Å².